The van der Waals surface area contributed by atoms with Crippen LogP contribution in [0.3, 0.4) is 0 Å². The van der Waals surface area contributed by atoms with Crippen molar-refractivity contribution in [2.24, 2.45) is 0 Å². The number of nitrogens with zero attached hydrogens (tertiary/aromatic N) is 5. The fraction of sp³-hybridized carbons (Fsp3) is 0. The predicted molar refractivity (Wildman–Crippen MR) is 162 cm³/mol. The molecule has 8 aromatic rings. The zero-order chi connectivity index (χ0) is 26.5. The van der Waals surface area contributed by atoms with Gasteiger partial charge in [-0.25, -0.2) is 19.9 Å². The summed E-state index contributed by atoms with van der Waals surface area (Å²) in [5, 5.41) is 4.22. The molecule has 4 aromatic carbocycles. The minimum Gasteiger partial charge on any atom is -0.254 e. The highest BCUT2D eigenvalue weighted by Crippen LogP contribution is 2.32. The van der Waals surface area contributed by atoms with Crippen LogP contribution in [0.25, 0.3) is 77.6 Å². The Morgan fingerprint density at radius 3 is 2.10 bits per heavy atom. The van der Waals surface area contributed by atoms with Gasteiger partial charge in [-0.2, -0.15) is 0 Å². The molecule has 0 aliphatic heterocycles. The van der Waals surface area contributed by atoms with Crippen LogP contribution in [0.2, 0.25) is 0 Å². The van der Waals surface area contributed by atoms with E-state index in [1.165, 1.54) is 0 Å². The zero-order valence-electron chi connectivity index (χ0n) is 21.4. The van der Waals surface area contributed by atoms with Crippen LogP contribution in [-0.4, -0.2) is 24.9 Å². The minimum atomic E-state index is 0.651. The van der Waals surface area contributed by atoms with Crippen molar-refractivity contribution in [3.63, 3.8) is 0 Å². The Labute approximate surface area is 229 Å². The van der Waals surface area contributed by atoms with Crippen LogP contribution >= 0.6 is 0 Å². The number of aromatic nitrogens is 5. The molecule has 0 amide bonds. The summed E-state index contributed by atoms with van der Waals surface area (Å²) in [7, 11) is 0. The summed E-state index contributed by atoms with van der Waals surface area (Å²) >= 11 is 0. The third-order valence-electron chi connectivity index (χ3n) is 7.29. The van der Waals surface area contributed by atoms with E-state index in [9.17, 15) is 0 Å². The van der Waals surface area contributed by atoms with Gasteiger partial charge in [0, 0.05) is 38.9 Å². The van der Waals surface area contributed by atoms with Crippen molar-refractivity contribution < 1.29 is 0 Å². The Bertz CT molecular complexity index is 2240. The number of benzene rings is 4. The van der Waals surface area contributed by atoms with Gasteiger partial charge < -0.3 is 0 Å². The monoisotopic (exact) mass is 511 g/mol. The molecule has 8 rings (SSSR count). The van der Waals surface area contributed by atoms with E-state index < -0.39 is 0 Å². The maximum absolute atomic E-state index is 5.07. The molecule has 5 nitrogen and oxygen atoms in total. The molecule has 0 aliphatic rings. The normalized spacial score (nSPS) is 11.5. The molecule has 0 N–H and O–H groups in total. The Morgan fingerprint density at radius 1 is 0.425 bits per heavy atom. The van der Waals surface area contributed by atoms with Gasteiger partial charge in [0.1, 0.15) is 5.69 Å². The summed E-state index contributed by atoms with van der Waals surface area (Å²) in [6.45, 7) is 0. The summed E-state index contributed by atoms with van der Waals surface area (Å²) in [6.07, 6.45) is 1.82. The Hall–Kier alpha value is -5.55. The lowest BCUT2D eigenvalue weighted by Crippen LogP contribution is -1.97. The predicted octanol–water partition coefficient (Wildman–Crippen LogP) is 8.28. The molecule has 0 atom stereocenters. The summed E-state index contributed by atoms with van der Waals surface area (Å²) in [6, 6.07) is 41.0. The maximum atomic E-state index is 5.07. The first-order chi connectivity index (χ1) is 19.8. The molecule has 4 aromatic heterocycles. The molecule has 0 saturated carbocycles. The standard InChI is InChI=1S/C35H21N5/c1-3-12-28-22(7-1)16-19-31(37-28)34-27-11-2-4-13-30(27)39-35(40-34)26-9-5-8-25(21-26)29-18-17-24-15-14-23-10-6-20-36-32(23)33(24)38-29/h1-21H. The van der Waals surface area contributed by atoms with Gasteiger partial charge in [-0.3, -0.25) is 4.98 Å². The lowest BCUT2D eigenvalue weighted by atomic mass is 10.0. The molecular weight excluding hydrogens is 490 g/mol. The third-order valence-corrected chi connectivity index (χ3v) is 7.29. The van der Waals surface area contributed by atoms with Crippen LogP contribution < -0.4 is 0 Å². The molecular formula is C35H21N5. The molecule has 0 bridgehead atoms. The lowest BCUT2D eigenvalue weighted by molar-refractivity contribution is 1.21. The van der Waals surface area contributed by atoms with E-state index in [0.29, 0.717) is 5.82 Å². The fourth-order valence-corrected chi connectivity index (χ4v) is 5.30. The quantitative estimate of drug-likeness (QED) is 0.223. The summed E-state index contributed by atoms with van der Waals surface area (Å²) < 4.78 is 0. The van der Waals surface area contributed by atoms with Crippen LogP contribution in [0.1, 0.15) is 0 Å². The van der Waals surface area contributed by atoms with Crippen molar-refractivity contribution >= 4 is 43.6 Å². The average molecular weight is 512 g/mol. The topological polar surface area (TPSA) is 64.5 Å². The van der Waals surface area contributed by atoms with Gasteiger partial charge in [-0.1, -0.05) is 84.9 Å². The average Bonchev–Trinajstić information content (AvgIpc) is 3.03. The fourth-order valence-electron chi connectivity index (χ4n) is 5.30. The number of pyridine rings is 3. The molecule has 186 valence electrons. The van der Waals surface area contributed by atoms with Gasteiger partial charge in [0.15, 0.2) is 5.82 Å². The van der Waals surface area contributed by atoms with Gasteiger partial charge >= 0.3 is 0 Å². The van der Waals surface area contributed by atoms with Crippen LogP contribution in [0, 0.1) is 0 Å². The molecule has 0 aliphatic carbocycles. The number of hydrogen-bond donors (Lipinski definition) is 0. The summed E-state index contributed by atoms with van der Waals surface area (Å²) in [5.74, 6) is 0.651. The van der Waals surface area contributed by atoms with Crippen molar-refractivity contribution in [2.45, 2.75) is 0 Å². The highest BCUT2D eigenvalue weighted by atomic mass is 14.9. The second kappa shape index (κ2) is 9.03. The van der Waals surface area contributed by atoms with Gasteiger partial charge in [0.05, 0.1) is 33.5 Å². The minimum absolute atomic E-state index is 0.651. The summed E-state index contributed by atoms with van der Waals surface area (Å²) in [5.41, 5.74) is 8.06. The molecule has 0 spiro atoms. The summed E-state index contributed by atoms with van der Waals surface area (Å²) in [4.78, 5) is 24.6. The maximum Gasteiger partial charge on any atom is 0.160 e. The highest BCUT2D eigenvalue weighted by Gasteiger charge is 2.14. The Morgan fingerprint density at radius 2 is 1.15 bits per heavy atom. The van der Waals surface area contributed by atoms with E-state index in [-0.39, 0.29) is 0 Å². The Kier molecular flexibility index (Phi) is 5.07. The second-order valence-electron chi connectivity index (χ2n) is 9.79. The number of rotatable bonds is 3. The van der Waals surface area contributed by atoms with Crippen molar-refractivity contribution in [2.75, 3.05) is 0 Å². The molecule has 0 unspecified atom stereocenters. The van der Waals surface area contributed by atoms with E-state index in [2.05, 4.69) is 65.6 Å². The van der Waals surface area contributed by atoms with E-state index in [0.717, 1.165) is 71.8 Å². The first-order valence-electron chi connectivity index (χ1n) is 13.2. The van der Waals surface area contributed by atoms with Crippen molar-refractivity contribution in [3.8, 4) is 34.0 Å². The van der Waals surface area contributed by atoms with Crippen LogP contribution in [-0.2, 0) is 0 Å². The first kappa shape index (κ1) is 22.4. The van der Waals surface area contributed by atoms with Crippen molar-refractivity contribution in [3.05, 3.63) is 128 Å². The number of fused-ring (bicyclic) bond motifs is 5. The lowest BCUT2D eigenvalue weighted by Gasteiger charge is -2.11. The van der Waals surface area contributed by atoms with Crippen LogP contribution in [0.4, 0.5) is 0 Å². The van der Waals surface area contributed by atoms with E-state index in [1.807, 2.05) is 66.9 Å². The number of para-hydroxylation sites is 2. The molecule has 0 fully saturated rings. The largest absolute Gasteiger partial charge is 0.254 e. The zero-order valence-corrected chi connectivity index (χ0v) is 21.4. The van der Waals surface area contributed by atoms with Gasteiger partial charge in [-0.05, 0) is 36.4 Å². The Balaban J connectivity index is 1.28. The molecule has 4 heterocycles. The van der Waals surface area contributed by atoms with Crippen molar-refractivity contribution in [1.82, 2.24) is 24.9 Å². The van der Waals surface area contributed by atoms with Gasteiger partial charge in [0.2, 0.25) is 0 Å². The first-order valence-corrected chi connectivity index (χ1v) is 13.2. The molecule has 5 heteroatoms. The molecule has 40 heavy (non-hydrogen) atoms. The van der Waals surface area contributed by atoms with Gasteiger partial charge in [-0.15, -0.1) is 0 Å². The van der Waals surface area contributed by atoms with E-state index in [1.54, 1.807) is 0 Å². The van der Waals surface area contributed by atoms with Gasteiger partial charge in [0.25, 0.3) is 0 Å². The molecule has 0 radical (unpaired) electrons. The van der Waals surface area contributed by atoms with Crippen molar-refractivity contribution in [1.29, 1.82) is 0 Å². The molecule has 0 saturated heterocycles. The third kappa shape index (κ3) is 3.76. The smallest absolute Gasteiger partial charge is 0.160 e. The van der Waals surface area contributed by atoms with E-state index in [4.69, 9.17) is 19.9 Å². The SMILES string of the molecule is c1cc(-c2ccc3ccc4cccnc4c3n2)cc(-c2nc(-c3ccc4ccccc4n3)c3ccccc3n2)c1. The number of hydrogen-bond acceptors (Lipinski definition) is 5. The van der Waals surface area contributed by atoms with E-state index >= 15 is 0 Å². The van der Waals surface area contributed by atoms with Crippen LogP contribution in [0.5, 0.6) is 0 Å². The highest BCUT2D eigenvalue weighted by molar-refractivity contribution is 6.03. The van der Waals surface area contributed by atoms with Crippen LogP contribution in [0.15, 0.2) is 128 Å². The second-order valence-corrected chi connectivity index (χ2v) is 9.79.